The Morgan fingerprint density at radius 3 is 2.55 bits per heavy atom. The number of aliphatic hydroxyl groups excluding tert-OH is 1. The van der Waals surface area contributed by atoms with Crippen molar-refractivity contribution in [1.82, 2.24) is 9.80 Å². The summed E-state index contributed by atoms with van der Waals surface area (Å²) in [5.74, 6) is 1.09. The van der Waals surface area contributed by atoms with Crippen molar-refractivity contribution >= 4 is 32.8 Å². The first-order valence-electron chi connectivity index (χ1n) is 7.04. The van der Waals surface area contributed by atoms with Crippen molar-refractivity contribution in [3.63, 3.8) is 0 Å². The van der Waals surface area contributed by atoms with Crippen LogP contribution in [0.3, 0.4) is 0 Å². The zero-order valence-corrected chi connectivity index (χ0v) is 14.6. The average molecular weight is 371 g/mol. The lowest BCUT2D eigenvalue weighted by atomic mass is 10.2. The molecule has 0 radical (unpaired) electrons. The molecule has 22 heavy (non-hydrogen) atoms. The first-order valence-corrected chi connectivity index (χ1v) is 7.83. The van der Waals surface area contributed by atoms with E-state index >= 15 is 0 Å². The number of aliphatic hydroxyl groups is 1. The summed E-state index contributed by atoms with van der Waals surface area (Å²) in [6, 6.07) is 0. The first-order chi connectivity index (χ1) is 10.5. The van der Waals surface area contributed by atoms with E-state index in [2.05, 4.69) is 37.9 Å². The maximum Gasteiger partial charge on any atom is 0.283 e. The SMILES string of the molecule is CC(=O)N1CCN(C2=C3C=NC=C[N+]3(C)C(Br)=N2)CC1.CO. The van der Waals surface area contributed by atoms with Gasteiger partial charge in [0.1, 0.15) is 6.20 Å². The van der Waals surface area contributed by atoms with Crippen LogP contribution in [0.2, 0.25) is 0 Å². The second-order valence-electron chi connectivity index (χ2n) is 5.23. The van der Waals surface area contributed by atoms with Crippen LogP contribution in [0, 0.1) is 0 Å². The molecule has 1 N–H and O–H groups in total. The fraction of sp³-hybridized carbons (Fsp3) is 0.500. The molecule has 8 heteroatoms. The van der Waals surface area contributed by atoms with Gasteiger partial charge in [-0.25, -0.2) is 4.48 Å². The highest BCUT2D eigenvalue weighted by Gasteiger charge is 2.42. The van der Waals surface area contributed by atoms with Crippen molar-refractivity contribution in [2.24, 2.45) is 9.98 Å². The summed E-state index contributed by atoms with van der Waals surface area (Å²) in [7, 11) is 3.07. The number of fused-ring (bicyclic) bond motifs is 1. The predicted octanol–water partition coefficient (Wildman–Crippen LogP) is 0.695. The minimum absolute atomic E-state index is 0.140. The predicted molar refractivity (Wildman–Crippen MR) is 89.2 cm³/mol. The monoisotopic (exact) mass is 370 g/mol. The molecule has 0 saturated carbocycles. The third kappa shape index (κ3) is 2.86. The fourth-order valence-electron chi connectivity index (χ4n) is 2.63. The summed E-state index contributed by atoms with van der Waals surface area (Å²) in [5.41, 5.74) is 1.07. The molecule has 0 aromatic heterocycles. The molecule has 3 aliphatic heterocycles. The summed E-state index contributed by atoms with van der Waals surface area (Å²) in [4.78, 5) is 24.4. The number of carbonyl (C=O) groups excluding carboxylic acids is 1. The minimum atomic E-state index is 0.140. The number of piperazine rings is 1. The van der Waals surface area contributed by atoms with Gasteiger partial charge in [0.25, 0.3) is 4.74 Å². The zero-order valence-electron chi connectivity index (χ0n) is 13.0. The highest BCUT2D eigenvalue weighted by molar-refractivity contribution is 9.18. The van der Waals surface area contributed by atoms with E-state index in [-0.39, 0.29) is 5.91 Å². The van der Waals surface area contributed by atoms with E-state index in [4.69, 9.17) is 5.11 Å². The van der Waals surface area contributed by atoms with E-state index in [9.17, 15) is 4.79 Å². The van der Waals surface area contributed by atoms with Gasteiger partial charge in [-0.05, 0) is 0 Å². The molecule has 1 saturated heterocycles. The number of hydrogen-bond acceptors (Lipinski definition) is 5. The van der Waals surface area contributed by atoms with Gasteiger partial charge < -0.3 is 14.9 Å². The molecular formula is C14H21BrN5O2+. The molecule has 0 aromatic carbocycles. The van der Waals surface area contributed by atoms with Crippen molar-refractivity contribution in [2.75, 3.05) is 40.3 Å². The quantitative estimate of drug-likeness (QED) is 0.545. The van der Waals surface area contributed by atoms with E-state index in [1.54, 1.807) is 13.1 Å². The molecule has 7 nitrogen and oxygen atoms in total. The second-order valence-corrected chi connectivity index (χ2v) is 5.94. The average Bonchev–Trinajstić information content (AvgIpc) is 2.81. The van der Waals surface area contributed by atoms with Gasteiger partial charge in [-0.2, -0.15) is 4.99 Å². The molecule has 1 atom stereocenters. The summed E-state index contributed by atoms with van der Waals surface area (Å²) in [6.07, 6.45) is 5.66. The Bertz CT molecular complexity index is 576. The Morgan fingerprint density at radius 1 is 1.32 bits per heavy atom. The molecule has 0 spiro atoms. The van der Waals surface area contributed by atoms with Crippen LogP contribution in [0.1, 0.15) is 6.92 Å². The number of halogens is 1. The minimum Gasteiger partial charge on any atom is -0.400 e. The molecule has 3 heterocycles. The van der Waals surface area contributed by atoms with Gasteiger partial charge in [0.2, 0.25) is 11.6 Å². The van der Waals surface area contributed by atoms with Gasteiger partial charge in [-0.15, -0.1) is 0 Å². The number of allylic oxidation sites excluding steroid dienone is 1. The van der Waals surface area contributed by atoms with Crippen LogP contribution in [0.4, 0.5) is 0 Å². The molecule has 1 unspecified atom stereocenters. The van der Waals surface area contributed by atoms with Gasteiger partial charge in [-0.1, -0.05) is 0 Å². The van der Waals surface area contributed by atoms with Crippen LogP contribution in [-0.2, 0) is 4.79 Å². The Kier molecular flexibility index (Phi) is 5.15. The van der Waals surface area contributed by atoms with Crippen LogP contribution in [0.25, 0.3) is 0 Å². The van der Waals surface area contributed by atoms with Gasteiger partial charge in [-0.3, -0.25) is 9.79 Å². The summed E-state index contributed by atoms with van der Waals surface area (Å²) in [5, 5.41) is 7.00. The van der Waals surface area contributed by atoms with Gasteiger partial charge >= 0.3 is 0 Å². The molecule has 0 bridgehead atoms. The summed E-state index contributed by atoms with van der Waals surface area (Å²) < 4.78 is 1.38. The lowest BCUT2D eigenvalue weighted by Gasteiger charge is -2.35. The molecule has 3 rings (SSSR count). The van der Waals surface area contributed by atoms with E-state index in [1.165, 1.54) is 0 Å². The van der Waals surface area contributed by atoms with Crippen molar-refractivity contribution < 1.29 is 14.4 Å². The normalized spacial score (nSPS) is 26.5. The third-order valence-corrected chi connectivity index (χ3v) is 4.90. The van der Waals surface area contributed by atoms with Crippen LogP contribution >= 0.6 is 15.9 Å². The zero-order chi connectivity index (χ0) is 16.3. The van der Waals surface area contributed by atoms with Crippen LogP contribution in [0.5, 0.6) is 0 Å². The smallest absolute Gasteiger partial charge is 0.283 e. The number of amides is 1. The first kappa shape index (κ1) is 16.9. The number of nitrogens with zero attached hydrogens (tertiary/aromatic N) is 5. The lowest BCUT2D eigenvalue weighted by Crippen LogP contribution is -2.48. The Balaban J connectivity index is 0.000000847. The van der Waals surface area contributed by atoms with Crippen molar-refractivity contribution in [1.29, 1.82) is 0 Å². The number of rotatable bonds is 1. The fourth-order valence-corrected chi connectivity index (χ4v) is 3.10. The van der Waals surface area contributed by atoms with E-state index in [1.807, 2.05) is 17.3 Å². The van der Waals surface area contributed by atoms with Crippen molar-refractivity contribution in [3.05, 3.63) is 23.9 Å². The highest BCUT2D eigenvalue weighted by atomic mass is 79.9. The lowest BCUT2D eigenvalue weighted by molar-refractivity contribution is -0.709. The van der Waals surface area contributed by atoms with Crippen molar-refractivity contribution in [2.45, 2.75) is 6.92 Å². The topological polar surface area (TPSA) is 68.5 Å². The molecule has 1 fully saturated rings. The molecular weight excluding hydrogens is 350 g/mol. The molecule has 120 valence electrons. The second kappa shape index (κ2) is 6.72. The third-order valence-electron chi connectivity index (χ3n) is 3.98. The number of carbonyl (C=O) groups is 1. The molecule has 3 aliphatic rings. The summed E-state index contributed by atoms with van der Waals surface area (Å²) in [6.45, 7) is 4.72. The summed E-state index contributed by atoms with van der Waals surface area (Å²) >= 11 is 3.55. The van der Waals surface area contributed by atoms with Gasteiger partial charge in [0.05, 0.1) is 19.5 Å². The molecule has 0 aromatic rings. The van der Waals surface area contributed by atoms with Gasteiger partial charge in [0, 0.05) is 56.1 Å². The number of hydrogen-bond donors (Lipinski definition) is 1. The Hall–Kier alpha value is -1.51. The molecule has 1 amide bonds. The number of quaternary nitrogens is 1. The van der Waals surface area contributed by atoms with Crippen LogP contribution in [-0.4, -0.2) is 76.6 Å². The van der Waals surface area contributed by atoms with Crippen molar-refractivity contribution in [3.8, 4) is 0 Å². The van der Waals surface area contributed by atoms with E-state index in [0.29, 0.717) is 4.48 Å². The number of amidine groups is 1. The molecule has 0 aliphatic carbocycles. The Morgan fingerprint density at radius 2 is 1.95 bits per heavy atom. The Labute approximate surface area is 138 Å². The maximum atomic E-state index is 11.4. The van der Waals surface area contributed by atoms with Gasteiger partial charge in [0.15, 0.2) is 5.82 Å². The number of aliphatic imine (C=N–C) groups is 2. The van der Waals surface area contributed by atoms with E-state index < -0.39 is 0 Å². The van der Waals surface area contributed by atoms with E-state index in [0.717, 1.165) is 49.6 Å². The maximum absolute atomic E-state index is 11.4. The van der Waals surface area contributed by atoms with Crippen LogP contribution < -0.4 is 0 Å². The largest absolute Gasteiger partial charge is 0.400 e. The standard InChI is InChI=1S/C13H17BrN5O.CH4O/c1-10(20)17-4-6-18(7-5-17)12-11-9-15-3-8-19(11,2)13(14)16-12;1-2/h3,8-9H,4-7H2,1-2H3;2H,1H3/q+1;. The van der Waals surface area contributed by atoms with Crippen LogP contribution in [0.15, 0.2) is 33.9 Å². The highest BCUT2D eigenvalue weighted by Crippen LogP contribution is 2.33.